The molecule has 34 heavy (non-hydrogen) atoms. The number of aromatic nitrogens is 1. The van der Waals surface area contributed by atoms with E-state index >= 15 is 0 Å². The van der Waals surface area contributed by atoms with Crippen LogP contribution in [0.1, 0.15) is 40.7 Å². The van der Waals surface area contributed by atoms with E-state index in [0.717, 1.165) is 16.3 Å². The first kappa shape index (κ1) is 23.5. The number of alkyl halides is 1. The van der Waals surface area contributed by atoms with Crippen molar-refractivity contribution in [3.05, 3.63) is 89.9 Å². The number of carbonyl (C=O) groups excluding carboxylic acids is 1. The highest BCUT2D eigenvalue weighted by Crippen LogP contribution is 2.26. The Bertz CT molecular complexity index is 1290. The summed E-state index contributed by atoms with van der Waals surface area (Å²) in [6, 6.07) is 21.2. The van der Waals surface area contributed by atoms with Crippen molar-refractivity contribution in [2.75, 3.05) is 12.4 Å². The number of fused-ring (bicyclic) bond motifs is 1. The third-order valence-corrected chi connectivity index (χ3v) is 5.85. The monoisotopic (exact) mass is 474 g/mol. The minimum Gasteiger partial charge on any atom is -0.438 e. The van der Waals surface area contributed by atoms with Crippen molar-refractivity contribution in [1.82, 2.24) is 15.6 Å². The van der Waals surface area contributed by atoms with Crippen LogP contribution in [0.25, 0.3) is 22.1 Å². The quantitative estimate of drug-likeness (QED) is 0.123. The summed E-state index contributed by atoms with van der Waals surface area (Å²) in [6.45, 7) is 2.62. The highest BCUT2D eigenvalue weighted by molar-refractivity contribution is 6.27. The van der Waals surface area contributed by atoms with E-state index < -0.39 is 6.04 Å². The van der Waals surface area contributed by atoms with Crippen LogP contribution in [0.5, 0.6) is 0 Å². The van der Waals surface area contributed by atoms with Gasteiger partial charge in [0.1, 0.15) is 11.9 Å². The van der Waals surface area contributed by atoms with Crippen LogP contribution in [0, 0.1) is 12.3 Å². The van der Waals surface area contributed by atoms with Gasteiger partial charge in [-0.3, -0.25) is 10.2 Å². The Hall–Kier alpha value is -3.64. The van der Waals surface area contributed by atoms with E-state index in [1.165, 1.54) is 5.56 Å². The largest absolute Gasteiger partial charge is 0.438 e. The van der Waals surface area contributed by atoms with Gasteiger partial charge in [0.05, 0.1) is 12.1 Å². The summed E-state index contributed by atoms with van der Waals surface area (Å²) >= 11 is 5.67. The number of hydrogen-bond acceptors (Lipinski definition) is 4. The minimum atomic E-state index is -0.411. The fraction of sp³-hybridized carbons (Fsp3) is 0.222. The number of rotatable bonds is 9. The predicted molar refractivity (Wildman–Crippen MR) is 137 cm³/mol. The van der Waals surface area contributed by atoms with Gasteiger partial charge in [-0.15, -0.1) is 11.6 Å². The normalized spacial score (nSPS) is 11.8. The molecule has 0 unspecified atom stereocenters. The zero-order valence-electron chi connectivity index (χ0n) is 19.0. The van der Waals surface area contributed by atoms with Crippen molar-refractivity contribution < 1.29 is 9.21 Å². The van der Waals surface area contributed by atoms with Gasteiger partial charge < -0.3 is 15.1 Å². The molecule has 0 aliphatic heterocycles. The molecule has 6 nitrogen and oxygen atoms in total. The highest BCUT2D eigenvalue weighted by Gasteiger charge is 2.21. The van der Waals surface area contributed by atoms with E-state index in [0.29, 0.717) is 36.6 Å². The van der Waals surface area contributed by atoms with Crippen LogP contribution < -0.4 is 10.6 Å². The van der Waals surface area contributed by atoms with Crippen molar-refractivity contribution >= 4 is 34.1 Å². The molecular weight excluding hydrogens is 448 g/mol. The van der Waals surface area contributed by atoms with Gasteiger partial charge in [0.25, 0.3) is 5.91 Å². The Balaban J connectivity index is 1.52. The first-order valence-corrected chi connectivity index (χ1v) is 11.8. The molecule has 0 saturated carbocycles. The SMILES string of the molecule is Cc1ccc2cc(C(=O)N[C@@H](CCCNC(=N)CCl)c3ncc(-c4ccccc4)o3)ccc2c1. The van der Waals surface area contributed by atoms with Gasteiger partial charge in [-0.2, -0.15) is 0 Å². The lowest BCUT2D eigenvalue weighted by molar-refractivity contribution is 0.0927. The zero-order chi connectivity index (χ0) is 23.9. The molecule has 0 saturated heterocycles. The van der Waals surface area contributed by atoms with Gasteiger partial charge in [0, 0.05) is 17.7 Å². The maximum absolute atomic E-state index is 13.2. The molecule has 3 aromatic carbocycles. The number of amides is 1. The van der Waals surface area contributed by atoms with Crippen LogP contribution in [-0.4, -0.2) is 29.2 Å². The molecule has 0 fully saturated rings. The van der Waals surface area contributed by atoms with Crippen LogP contribution in [-0.2, 0) is 0 Å². The molecule has 4 aromatic rings. The second kappa shape index (κ2) is 11.0. The zero-order valence-corrected chi connectivity index (χ0v) is 19.7. The fourth-order valence-electron chi connectivity index (χ4n) is 3.78. The standard InChI is InChI=1S/C27H27ClN4O2/c1-18-9-10-21-15-22(12-11-20(21)14-18)26(33)32-23(8-5-13-30-25(29)16-28)27-31-17-24(34-27)19-6-3-2-4-7-19/h2-4,6-7,9-12,14-15,17,23H,5,8,13,16H2,1H3,(H2,29,30)(H,32,33)/t23-/m0/s1. The third kappa shape index (κ3) is 5.83. The van der Waals surface area contributed by atoms with E-state index in [1.54, 1.807) is 6.20 Å². The summed E-state index contributed by atoms with van der Waals surface area (Å²) in [6.07, 6.45) is 2.98. The van der Waals surface area contributed by atoms with E-state index in [4.69, 9.17) is 21.4 Å². The molecule has 1 amide bonds. The molecule has 0 aliphatic rings. The van der Waals surface area contributed by atoms with Crippen molar-refractivity contribution in [2.45, 2.75) is 25.8 Å². The molecule has 174 valence electrons. The molecule has 1 aromatic heterocycles. The van der Waals surface area contributed by atoms with Crippen molar-refractivity contribution in [3.63, 3.8) is 0 Å². The predicted octanol–water partition coefficient (Wildman–Crippen LogP) is 5.86. The van der Waals surface area contributed by atoms with Crippen molar-refractivity contribution in [1.29, 1.82) is 5.41 Å². The maximum Gasteiger partial charge on any atom is 0.251 e. The molecule has 7 heteroatoms. The second-order valence-electron chi connectivity index (χ2n) is 8.20. The molecule has 0 bridgehead atoms. The Morgan fingerprint density at radius 1 is 1.09 bits per heavy atom. The van der Waals surface area contributed by atoms with E-state index in [-0.39, 0.29) is 17.6 Å². The van der Waals surface area contributed by atoms with Gasteiger partial charge in [0.2, 0.25) is 5.89 Å². The summed E-state index contributed by atoms with van der Waals surface area (Å²) in [5.74, 6) is 1.33. The Kier molecular flexibility index (Phi) is 7.60. The van der Waals surface area contributed by atoms with Crippen molar-refractivity contribution in [3.8, 4) is 11.3 Å². The van der Waals surface area contributed by atoms with E-state index in [2.05, 4.69) is 21.7 Å². The lowest BCUT2D eigenvalue weighted by Crippen LogP contribution is -2.30. The minimum absolute atomic E-state index is 0.141. The molecule has 1 heterocycles. The van der Waals surface area contributed by atoms with E-state index in [1.807, 2.05) is 67.6 Å². The number of aryl methyl sites for hydroxylation is 1. The smallest absolute Gasteiger partial charge is 0.251 e. The van der Waals surface area contributed by atoms with Crippen LogP contribution in [0.2, 0.25) is 0 Å². The van der Waals surface area contributed by atoms with Crippen LogP contribution in [0.4, 0.5) is 0 Å². The third-order valence-electron chi connectivity index (χ3n) is 5.58. The van der Waals surface area contributed by atoms with Gasteiger partial charge in [-0.1, -0.05) is 60.2 Å². The second-order valence-corrected chi connectivity index (χ2v) is 8.47. The lowest BCUT2D eigenvalue weighted by atomic mass is 10.0. The van der Waals surface area contributed by atoms with Gasteiger partial charge >= 0.3 is 0 Å². The first-order valence-electron chi connectivity index (χ1n) is 11.2. The molecule has 4 rings (SSSR count). The van der Waals surface area contributed by atoms with Gasteiger partial charge in [-0.05, 0) is 42.7 Å². The van der Waals surface area contributed by atoms with Crippen molar-refractivity contribution in [2.24, 2.45) is 0 Å². The Morgan fingerprint density at radius 3 is 2.65 bits per heavy atom. The topological polar surface area (TPSA) is 91.0 Å². The molecule has 3 N–H and O–H groups in total. The molecule has 0 spiro atoms. The molecule has 0 radical (unpaired) electrons. The number of nitrogens with one attached hydrogen (secondary N) is 3. The van der Waals surface area contributed by atoms with Gasteiger partial charge in [0.15, 0.2) is 5.76 Å². The number of oxazole rings is 1. The lowest BCUT2D eigenvalue weighted by Gasteiger charge is -2.16. The summed E-state index contributed by atoms with van der Waals surface area (Å²) < 4.78 is 6.04. The Labute approximate surface area is 203 Å². The Morgan fingerprint density at radius 2 is 1.85 bits per heavy atom. The highest BCUT2D eigenvalue weighted by atomic mass is 35.5. The summed E-state index contributed by atoms with van der Waals surface area (Å²) in [5, 5.41) is 15.8. The first-order chi connectivity index (χ1) is 16.5. The average Bonchev–Trinajstić information content (AvgIpc) is 3.36. The summed E-state index contributed by atoms with van der Waals surface area (Å²) in [4.78, 5) is 17.6. The molecular formula is C27H27ClN4O2. The van der Waals surface area contributed by atoms with Crippen LogP contribution in [0.15, 0.2) is 77.3 Å². The van der Waals surface area contributed by atoms with Crippen LogP contribution in [0.3, 0.4) is 0 Å². The number of halogens is 1. The molecule has 0 aliphatic carbocycles. The fourth-order valence-corrected chi connectivity index (χ4v) is 3.88. The van der Waals surface area contributed by atoms with Gasteiger partial charge in [-0.25, -0.2) is 4.98 Å². The number of amidine groups is 1. The number of nitrogens with zero attached hydrogens (tertiary/aromatic N) is 1. The maximum atomic E-state index is 13.2. The summed E-state index contributed by atoms with van der Waals surface area (Å²) in [5.41, 5.74) is 2.69. The number of hydrogen-bond donors (Lipinski definition) is 3. The average molecular weight is 475 g/mol. The number of benzene rings is 3. The number of carbonyl (C=O) groups is 1. The molecule has 1 atom stereocenters. The van der Waals surface area contributed by atoms with E-state index in [9.17, 15) is 4.79 Å². The summed E-state index contributed by atoms with van der Waals surface area (Å²) in [7, 11) is 0. The van der Waals surface area contributed by atoms with Crippen LogP contribution >= 0.6 is 11.6 Å².